The number of hydrogen-bond donors (Lipinski definition) is 1. The Bertz CT molecular complexity index is 665. The number of allylic oxidation sites excluding steroid dienone is 1. The Morgan fingerprint density at radius 1 is 1.62 bits per heavy atom. The third-order valence-electron chi connectivity index (χ3n) is 3.70. The molecule has 0 bridgehead atoms. The molecule has 1 saturated heterocycles. The topological polar surface area (TPSA) is 43.3 Å². The number of thiophene rings is 1. The van der Waals surface area contributed by atoms with E-state index < -0.39 is 0 Å². The molecule has 2 aromatic rings. The van der Waals surface area contributed by atoms with Gasteiger partial charge < -0.3 is 14.6 Å². The van der Waals surface area contributed by atoms with Crippen LogP contribution in [0.5, 0.6) is 0 Å². The van der Waals surface area contributed by atoms with Gasteiger partial charge in [-0.05, 0) is 37.3 Å². The predicted octanol–water partition coefficient (Wildman–Crippen LogP) is 3.19. The highest BCUT2D eigenvalue weighted by molar-refractivity contribution is 7.17. The van der Waals surface area contributed by atoms with Crippen molar-refractivity contribution in [2.45, 2.75) is 32.4 Å². The summed E-state index contributed by atoms with van der Waals surface area (Å²) < 4.78 is 8.72. The number of amides is 1. The maximum atomic E-state index is 12.5. The summed E-state index contributed by atoms with van der Waals surface area (Å²) in [6, 6.07) is 4.02. The van der Waals surface area contributed by atoms with Crippen LogP contribution < -0.4 is 5.32 Å². The van der Waals surface area contributed by atoms with E-state index in [0.29, 0.717) is 18.8 Å². The summed E-state index contributed by atoms with van der Waals surface area (Å²) in [6.07, 6.45) is 2.28. The van der Waals surface area contributed by atoms with E-state index >= 15 is 0 Å². The fraction of sp³-hybridized carbons (Fsp3) is 0.438. The minimum absolute atomic E-state index is 0.0323. The van der Waals surface area contributed by atoms with Crippen LogP contribution in [-0.4, -0.2) is 29.7 Å². The van der Waals surface area contributed by atoms with Crippen molar-refractivity contribution in [2.75, 3.05) is 13.2 Å². The van der Waals surface area contributed by atoms with E-state index in [0.717, 1.165) is 35.2 Å². The van der Waals surface area contributed by atoms with Crippen LogP contribution in [0.15, 0.2) is 29.7 Å². The molecule has 112 valence electrons. The fourth-order valence-electron chi connectivity index (χ4n) is 2.71. The maximum Gasteiger partial charge on any atom is 0.268 e. The van der Waals surface area contributed by atoms with E-state index in [2.05, 4.69) is 18.0 Å². The predicted molar refractivity (Wildman–Crippen MR) is 85.9 cm³/mol. The molecule has 5 heteroatoms. The second kappa shape index (κ2) is 6.03. The molecular weight excluding hydrogens is 284 g/mol. The fourth-order valence-corrected chi connectivity index (χ4v) is 3.53. The number of aromatic nitrogens is 1. The highest BCUT2D eigenvalue weighted by atomic mass is 32.1. The van der Waals surface area contributed by atoms with Crippen molar-refractivity contribution in [3.8, 4) is 0 Å². The number of nitrogens with one attached hydrogen (secondary N) is 1. The summed E-state index contributed by atoms with van der Waals surface area (Å²) in [5.74, 6) is -0.0323. The molecule has 0 saturated carbocycles. The van der Waals surface area contributed by atoms with Gasteiger partial charge in [0.15, 0.2) is 0 Å². The Morgan fingerprint density at radius 3 is 3.19 bits per heavy atom. The smallest absolute Gasteiger partial charge is 0.268 e. The summed E-state index contributed by atoms with van der Waals surface area (Å²) in [6.45, 7) is 8.01. The minimum Gasteiger partial charge on any atom is -0.376 e. The molecule has 0 radical (unpaired) electrons. The average molecular weight is 304 g/mol. The first-order valence-corrected chi connectivity index (χ1v) is 8.14. The molecule has 1 amide bonds. The van der Waals surface area contributed by atoms with E-state index in [1.165, 1.54) is 0 Å². The van der Waals surface area contributed by atoms with Crippen molar-refractivity contribution < 1.29 is 9.53 Å². The first-order valence-electron chi connectivity index (χ1n) is 7.26. The van der Waals surface area contributed by atoms with Crippen molar-refractivity contribution >= 4 is 27.5 Å². The number of carbonyl (C=O) groups is 1. The Morgan fingerprint density at radius 2 is 2.48 bits per heavy atom. The number of ether oxygens (including phenoxy) is 1. The van der Waals surface area contributed by atoms with E-state index in [1.54, 1.807) is 11.3 Å². The van der Waals surface area contributed by atoms with Crippen LogP contribution in [0.25, 0.3) is 10.2 Å². The van der Waals surface area contributed by atoms with Gasteiger partial charge in [-0.3, -0.25) is 4.79 Å². The minimum atomic E-state index is -0.0323. The van der Waals surface area contributed by atoms with Gasteiger partial charge in [0.2, 0.25) is 0 Å². The van der Waals surface area contributed by atoms with Crippen LogP contribution in [0.4, 0.5) is 0 Å². The normalized spacial score (nSPS) is 18.2. The highest BCUT2D eigenvalue weighted by Gasteiger charge is 2.19. The SMILES string of the molecule is C=C(C)Cn1c(C(=O)NCC2CCCO2)cc2sccc21. The van der Waals surface area contributed by atoms with Gasteiger partial charge in [0, 0.05) is 19.7 Å². The number of rotatable bonds is 5. The molecule has 1 aliphatic rings. The molecule has 1 aliphatic heterocycles. The Kier molecular flexibility index (Phi) is 4.12. The summed E-state index contributed by atoms with van der Waals surface area (Å²) in [4.78, 5) is 12.5. The lowest BCUT2D eigenvalue weighted by Gasteiger charge is -2.13. The summed E-state index contributed by atoms with van der Waals surface area (Å²) >= 11 is 1.66. The monoisotopic (exact) mass is 304 g/mol. The number of nitrogens with zero attached hydrogens (tertiary/aromatic N) is 1. The van der Waals surface area contributed by atoms with Gasteiger partial charge in [-0.25, -0.2) is 0 Å². The zero-order valence-corrected chi connectivity index (χ0v) is 13.0. The van der Waals surface area contributed by atoms with Crippen molar-refractivity contribution in [2.24, 2.45) is 0 Å². The largest absolute Gasteiger partial charge is 0.376 e. The second-order valence-electron chi connectivity index (χ2n) is 5.59. The molecular formula is C16H20N2O2S. The molecule has 21 heavy (non-hydrogen) atoms. The quantitative estimate of drug-likeness (QED) is 0.862. The molecule has 0 spiro atoms. The first kappa shape index (κ1) is 14.4. The van der Waals surface area contributed by atoms with Gasteiger partial charge in [-0.1, -0.05) is 12.2 Å². The van der Waals surface area contributed by atoms with E-state index in [4.69, 9.17) is 4.74 Å². The van der Waals surface area contributed by atoms with Crippen LogP contribution >= 0.6 is 11.3 Å². The lowest BCUT2D eigenvalue weighted by Crippen LogP contribution is -2.33. The molecule has 3 heterocycles. The highest BCUT2D eigenvalue weighted by Crippen LogP contribution is 2.26. The molecule has 1 fully saturated rings. The third-order valence-corrected chi connectivity index (χ3v) is 4.55. The third kappa shape index (κ3) is 3.04. The van der Waals surface area contributed by atoms with E-state index in [-0.39, 0.29) is 12.0 Å². The van der Waals surface area contributed by atoms with Gasteiger partial charge in [0.05, 0.1) is 16.3 Å². The molecule has 1 atom stereocenters. The maximum absolute atomic E-state index is 12.5. The van der Waals surface area contributed by atoms with Gasteiger partial charge in [-0.2, -0.15) is 0 Å². The number of hydrogen-bond acceptors (Lipinski definition) is 3. The molecule has 0 aliphatic carbocycles. The van der Waals surface area contributed by atoms with Gasteiger partial charge >= 0.3 is 0 Å². The Labute approximate surface area is 128 Å². The van der Waals surface area contributed by atoms with E-state index in [1.807, 2.05) is 22.9 Å². The molecule has 3 rings (SSSR count). The van der Waals surface area contributed by atoms with Crippen LogP contribution in [0.3, 0.4) is 0 Å². The molecule has 1 unspecified atom stereocenters. The zero-order valence-electron chi connectivity index (χ0n) is 12.2. The van der Waals surface area contributed by atoms with Crippen LogP contribution in [0.2, 0.25) is 0 Å². The molecule has 0 aromatic carbocycles. The van der Waals surface area contributed by atoms with Crippen LogP contribution in [0.1, 0.15) is 30.3 Å². The van der Waals surface area contributed by atoms with Crippen molar-refractivity contribution in [3.63, 3.8) is 0 Å². The van der Waals surface area contributed by atoms with Gasteiger partial charge in [0.25, 0.3) is 5.91 Å². The number of carbonyl (C=O) groups excluding carboxylic acids is 1. The zero-order chi connectivity index (χ0) is 14.8. The Hall–Kier alpha value is -1.59. The van der Waals surface area contributed by atoms with Crippen LogP contribution in [-0.2, 0) is 11.3 Å². The number of fused-ring (bicyclic) bond motifs is 1. The van der Waals surface area contributed by atoms with Crippen LogP contribution in [0, 0.1) is 0 Å². The van der Waals surface area contributed by atoms with Crippen molar-refractivity contribution in [3.05, 3.63) is 35.4 Å². The molecule has 1 N–H and O–H groups in total. The second-order valence-corrected chi connectivity index (χ2v) is 6.54. The average Bonchev–Trinajstić information content (AvgIpc) is 3.13. The summed E-state index contributed by atoms with van der Waals surface area (Å²) in [5, 5.41) is 5.04. The molecule has 4 nitrogen and oxygen atoms in total. The standard InChI is InChI=1S/C16H20N2O2S/c1-11(2)10-18-13-5-7-21-15(13)8-14(18)16(19)17-9-12-4-3-6-20-12/h5,7-8,12H,1,3-4,6,9-10H2,2H3,(H,17,19). The lowest BCUT2D eigenvalue weighted by atomic mass is 10.2. The van der Waals surface area contributed by atoms with Crippen molar-refractivity contribution in [1.82, 2.24) is 9.88 Å². The van der Waals surface area contributed by atoms with Crippen molar-refractivity contribution in [1.29, 1.82) is 0 Å². The summed E-state index contributed by atoms with van der Waals surface area (Å²) in [7, 11) is 0. The summed E-state index contributed by atoms with van der Waals surface area (Å²) in [5.41, 5.74) is 2.84. The van der Waals surface area contributed by atoms with Gasteiger partial charge in [-0.15, -0.1) is 11.3 Å². The first-order chi connectivity index (χ1) is 10.1. The van der Waals surface area contributed by atoms with E-state index in [9.17, 15) is 4.79 Å². The van der Waals surface area contributed by atoms with Gasteiger partial charge in [0.1, 0.15) is 5.69 Å². The molecule has 2 aromatic heterocycles. The lowest BCUT2D eigenvalue weighted by molar-refractivity contribution is 0.0851. The Balaban J connectivity index is 1.79.